The fourth-order valence-electron chi connectivity index (χ4n) is 6.64. The lowest BCUT2D eigenvalue weighted by Gasteiger charge is -2.32. The van der Waals surface area contributed by atoms with Gasteiger partial charge in [-0.1, -0.05) is 114 Å². The maximum Gasteiger partial charge on any atom is 0.0725 e. The molecule has 0 N–H and O–H groups in total. The van der Waals surface area contributed by atoms with Crippen molar-refractivity contribution in [2.75, 3.05) is 0 Å². The summed E-state index contributed by atoms with van der Waals surface area (Å²) in [5.74, 6) is 0.479. The Bertz CT molecular complexity index is 1340. The van der Waals surface area contributed by atoms with Crippen LogP contribution in [0.5, 0.6) is 0 Å². The molecule has 0 radical (unpaired) electrons. The summed E-state index contributed by atoms with van der Waals surface area (Å²) in [7, 11) is 0. The Kier molecular flexibility index (Phi) is 5.21. The van der Waals surface area contributed by atoms with Crippen LogP contribution in [0, 0.1) is 6.92 Å². The number of aryl methyl sites for hydroxylation is 2. The number of hydrogen-bond donors (Lipinski definition) is 0. The van der Waals surface area contributed by atoms with Crippen LogP contribution in [0.4, 0.5) is 0 Å². The van der Waals surface area contributed by atoms with E-state index in [9.17, 15) is 0 Å². The smallest absolute Gasteiger partial charge is 0.0725 e. The summed E-state index contributed by atoms with van der Waals surface area (Å²) in [5, 5.41) is 0. The highest BCUT2D eigenvalue weighted by Crippen LogP contribution is 2.66. The van der Waals surface area contributed by atoms with Crippen molar-refractivity contribution in [1.82, 2.24) is 0 Å². The summed E-state index contributed by atoms with van der Waals surface area (Å²) in [6.07, 6.45) is 1.07. The Morgan fingerprint density at radius 3 is 1.79 bits per heavy atom. The molecule has 0 heterocycles. The first-order valence-corrected chi connectivity index (χ1v) is 11.2. The zero-order chi connectivity index (χ0) is 20.2. The van der Waals surface area contributed by atoms with E-state index >= 15 is 0 Å². The predicted octanol–water partition coefficient (Wildman–Crippen LogP) is 9.27. The van der Waals surface area contributed by atoms with Crippen molar-refractivity contribution in [2.45, 2.75) is 60.8 Å². The fourth-order valence-corrected chi connectivity index (χ4v) is 6.64. The molecule has 3 aliphatic carbocycles. The van der Waals surface area contributed by atoms with Crippen molar-refractivity contribution in [2.24, 2.45) is 0 Å². The van der Waals surface area contributed by atoms with Crippen LogP contribution in [0.1, 0.15) is 86.6 Å². The van der Waals surface area contributed by atoms with Gasteiger partial charge in [0.1, 0.15) is 0 Å². The Morgan fingerprint density at radius 1 is 0.667 bits per heavy atom. The van der Waals surface area contributed by atoms with E-state index in [1.54, 1.807) is 0 Å². The first-order chi connectivity index (χ1) is 14.7. The second-order valence-electron chi connectivity index (χ2n) is 9.29. The van der Waals surface area contributed by atoms with Gasteiger partial charge in [-0.05, 0) is 74.5 Å². The monoisotopic (exact) mass is 432 g/mol. The largest absolute Gasteiger partial charge is 0.0776 e. The van der Waals surface area contributed by atoms with Crippen LogP contribution in [0.15, 0.2) is 72.8 Å². The molecule has 0 amide bonds. The third-order valence-electron chi connectivity index (χ3n) is 7.95. The van der Waals surface area contributed by atoms with Gasteiger partial charge >= 0.3 is 0 Å². The van der Waals surface area contributed by atoms with Crippen LogP contribution in [-0.4, -0.2) is 0 Å². The maximum atomic E-state index is 2.49. The highest BCUT2D eigenvalue weighted by molar-refractivity contribution is 5.99. The molecule has 1 spiro atoms. The summed E-state index contributed by atoms with van der Waals surface area (Å²) in [4.78, 5) is 0. The Hall–Kier alpha value is -3.12. The molecule has 4 aromatic rings. The van der Waals surface area contributed by atoms with Crippen molar-refractivity contribution in [3.63, 3.8) is 0 Å². The Labute approximate surface area is 200 Å². The van der Waals surface area contributed by atoms with Gasteiger partial charge in [-0.3, -0.25) is 0 Å². The zero-order valence-electron chi connectivity index (χ0n) is 17.7. The highest BCUT2D eigenvalue weighted by atomic mass is 14.6. The molecule has 0 aliphatic heterocycles. The predicted molar refractivity (Wildman–Crippen MR) is 145 cm³/mol. The average Bonchev–Trinajstić information content (AvgIpc) is 3.36. The van der Waals surface area contributed by atoms with Crippen molar-refractivity contribution < 1.29 is 0 Å². The maximum absolute atomic E-state index is 2.49. The van der Waals surface area contributed by atoms with Gasteiger partial charge in [0.05, 0.1) is 5.41 Å². The quantitative estimate of drug-likeness (QED) is 0.243. The normalized spacial score (nSPS) is 14.6. The van der Waals surface area contributed by atoms with E-state index < -0.39 is 0 Å². The van der Waals surface area contributed by atoms with E-state index in [1.807, 2.05) is 0 Å². The van der Waals surface area contributed by atoms with Crippen molar-refractivity contribution >= 4 is 0 Å². The molecule has 3 aliphatic rings. The molecule has 0 bridgehead atoms. The second kappa shape index (κ2) is 7.45. The van der Waals surface area contributed by atoms with E-state index in [0.717, 1.165) is 6.42 Å². The summed E-state index contributed by atoms with van der Waals surface area (Å²) in [6, 6.07) is 28.3. The number of fused-ring (bicyclic) bond motifs is 7. The lowest BCUT2D eigenvalue weighted by Crippen LogP contribution is -2.26. The minimum absolute atomic E-state index is 0. The summed E-state index contributed by atoms with van der Waals surface area (Å²) < 4.78 is 0. The summed E-state index contributed by atoms with van der Waals surface area (Å²) in [5.41, 5.74) is 17.3. The molecule has 168 valence electrons. The summed E-state index contributed by atoms with van der Waals surface area (Å²) >= 11 is 0. The standard InChI is InChI=1S/C30H24.3CH4/c1-4-19-12-14-23-22-13-11-17(2)15-26(22)30(27(23)16-19)24-9-5-7-20-18(3)21-8-6-10-25(30)29(21)28(20)24;;;/h5-16,18H,4H2,1-3H3;3*1H4. The van der Waals surface area contributed by atoms with Crippen molar-refractivity contribution in [3.8, 4) is 22.3 Å². The van der Waals surface area contributed by atoms with Crippen LogP contribution < -0.4 is 0 Å². The van der Waals surface area contributed by atoms with Crippen LogP contribution in [0.3, 0.4) is 0 Å². The molecule has 0 nitrogen and oxygen atoms in total. The lowest BCUT2D eigenvalue weighted by molar-refractivity contribution is 0.782. The van der Waals surface area contributed by atoms with Gasteiger partial charge < -0.3 is 0 Å². The van der Waals surface area contributed by atoms with Gasteiger partial charge in [0.15, 0.2) is 0 Å². The van der Waals surface area contributed by atoms with E-state index in [0.29, 0.717) is 5.92 Å². The molecule has 4 aromatic carbocycles. The average molecular weight is 433 g/mol. The lowest BCUT2D eigenvalue weighted by atomic mass is 9.69. The van der Waals surface area contributed by atoms with Crippen molar-refractivity contribution in [1.29, 1.82) is 0 Å². The van der Waals surface area contributed by atoms with Gasteiger partial charge in [-0.2, -0.15) is 0 Å². The molecule has 0 saturated carbocycles. The van der Waals surface area contributed by atoms with E-state index in [4.69, 9.17) is 0 Å². The first kappa shape index (κ1) is 23.1. The highest BCUT2D eigenvalue weighted by Gasteiger charge is 2.54. The third-order valence-corrected chi connectivity index (χ3v) is 7.95. The van der Waals surface area contributed by atoms with Gasteiger partial charge in [-0.15, -0.1) is 0 Å². The van der Waals surface area contributed by atoms with Crippen LogP contribution in [0.25, 0.3) is 22.3 Å². The fraction of sp³-hybridized carbons (Fsp3) is 0.273. The number of rotatable bonds is 1. The minimum atomic E-state index is -0.182. The van der Waals surface area contributed by atoms with Crippen LogP contribution >= 0.6 is 0 Å². The molecule has 0 heteroatoms. The van der Waals surface area contributed by atoms with Gasteiger partial charge in [-0.25, -0.2) is 0 Å². The molecular formula is C33H36. The molecule has 0 atom stereocenters. The topological polar surface area (TPSA) is 0 Å². The SMILES string of the molecule is C.C.C.CCc1ccc2c(c1)C1(c3cc(C)ccc3-2)c2cccc3c2-c2c(cccc21)C3C. The first-order valence-electron chi connectivity index (χ1n) is 11.2. The summed E-state index contributed by atoms with van der Waals surface area (Å²) in [6.45, 7) is 6.86. The molecule has 0 aromatic heterocycles. The van der Waals surface area contributed by atoms with Gasteiger partial charge in [0, 0.05) is 5.92 Å². The minimum Gasteiger partial charge on any atom is -0.0776 e. The number of hydrogen-bond acceptors (Lipinski definition) is 0. The van der Waals surface area contributed by atoms with E-state index in [-0.39, 0.29) is 27.7 Å². The molecule has 33 heavy (non-hydrogen) atoms. The molecule has 0 fully saturated rings. The van der Waals surface area contributed by atoms with E-state index in [2.05, 4.69) is 93.6 Å². The second-order valence-corrected chi connectivity index (χ2v) is 9.29. The van der Waals surface area contributed by atoms with Gasteiger partial charge in [0.2, 0.25) is 0 Å². The molecule has 0 saturated heterocycles. The van der Waals surface area contributed by atoms with Gasteiger partial charge in [0.25, 0.3) is 0 Å². The Balaban J connectivity index is 0.000000864. The zero-order valence-corrected chi connectivity index (χ0v) is 17.7. The molecule has 7 rings (SSSR count). The Morgan fingerprint density at radius 2 is 1.21 bits per heavy atom. The number of benzene rings is 4. The van der Waals surface area contributed by atoms with E-state index in [1.165, 1.54) is 66.8 Å². The van der Waals surface area contributed by atoms with Crippen LogP contribution in [-0.2, 0) is 11.8 Å². The third kappa shape index (κ3) is 2.42. The molecular weight excluding hydrogens is 396 g/mol. The molecule has 0 unspecified atom stereocenters. The van der Waals surface area contributed by atoms with Crippen molar-refractivity contribution in [3.05, 3.63) is 117 Å². The van der Waals surface area contributed by atoms with Crippen LogP contribution in [0.2, 0.25) is 0 Å².